The lowest BCUT2D eigenvalue weighted by atomic mass is 10.3. The Morgan fingerprint density at radius 2 is 1.30 bits per heavy atom. The van der Waals surface area contributed by atoms with Gasteiger partial charge >= 0.3 is 5.97 Å². The number of hydrogen-bond donors (Lipinski definition) is 0. The molecule has 0 spiro atoms. The van der Waals surface area contributed by atoms with Gasteiger partial charge in [0.15, 0.2) is 0 Å². The van der Waals surface area contributed by atoms with Crippen LogP contribution in [0, 0.1) is 0 Å². The van der Waals surface area contributed by atoms with Crippen LogP contribution in [0.1, 0.15) is 13.3 Å². The van der Waals surface area contributed by atoms with Gasteiger partial charge in [0.05, 0.1) is 14.9 Å². The predicted molar refractivity (Wildman–Crippen MR) is 113 cm³/mol. The van der Waals surface area contributed by atoms with E-state index in [1.165, 1.54) is 0 Å². The van der Waals surface area contributed by atoms with Gasteiger partial charge in [0.1, 0.15) is 0 Å². The molecule has 0 aliphatic heterocycles. The third-order valence-corrected chi connectivity index (χ3v) is 8.27. The second kappa shape index (κ2) is 8.57. The van der Waals surface area contributed by atoms with Crippen LogP contribution in [0.25, 0.3) is 0 Å². The molecule has 2 nitrogen and oxygen atoms in total. The van der Waals surface area contributed by atoms with Gasteiger partial charge < -0.3 is 4.18 Å². The van der Waals surface area contributed by atoms with Crippen molar-refractivity contribution < 1.29 is 8.98 Å². The highest BCUT2D eigenvalue weighted by Gasteiger charge is 2.38. The lowest BCUT2D eigenvalue weighted by Crippen LogP contribution is -2.13. The molecule has 27 heavy (non-hydrogen) atoms. The van der Waals surface area contributed by atoms with Crippen LogP contribution in [0.4, 0.5) is 0 Å². The summed E-state index contributed by atoms with van der Waals surface area (Å²) in [4.78, 5) is 14.7. The first kappa shape index (κ1) is 20.1. The zero-order chi connectivity index (χ0) is 19.4. The van der Waals surface area contributed by atoms with E-state index < -0.39 is 10.3 Å². The van der Waals surface area contributed by atoms with E-state index in [-0.39, 0.29) is 12.4 Å². The van der Waals surface area contributed by atoms with Crippen LogP contribution in [-0.4, -0.2) is 5.97 Å². The molecule has 0 aliphatic carbocycles. The number of rotatable bonds is 5. The van der Waals surface area contributed by atoms with Crippen LogP contribution < -0.4 is 0 Å². The van der Waals surface area contributed by atoms with Crippen molar-refractivity contribution in [3.05, 3.63) is 87.9 Å². The molecule has 140 valence electrons. The maximum Gasteiger partial charge on any atom is 0.316 e. The van der Waals surface area contributed by atoms with E-state index in [0.29, 0.717) is 20.0 Å². The summed E-state index contributed by atoms with van der Waals surface area (Å²) >= 11 is 19.3. The second-order valence-electron chi connectivity index (χ2n) is 5.69. The number of carbonyl (C=O) groups excluding carboxylic acids is 1. The molecule has 0 radical (unpaired) electrons. The van der Waals surface area contributed by atoms with Crippen LogP contribution in [0.15, 0.2) is 87.5 Å². The van der Waals surface area contributed by atoms with Gasteiger partial charge in [-0.1, -0.05) is 78.1 Å². The van der Waals surface area contributed by atoms with Crippen molar-refractivity contribution in [2.45, 2.75) is 28.0 Å². The summed E-state index contributed by atoms with van der Waals surface area (Å²) in [7, 11) is -2.49. The Morgan fingerprint density at radius 3 is 1.70 bits per heavy atom. The largest absolute Gasteiger partial charge is 0.402 e. The van der Waals surface area contributed by atoms with E-state index in [0.717, 1.165) is 9.79 Å². The van der Waals surface area contributed by atoms with Gasteiger partial charge in [-0.15, -0.1) is 0 Å². The van der Waals surface area contributed by atoms with E-state index in [2.05, 4.69) is 0 Å². The maximum absolute atomic E-state index is 12.5. The zero-order valence-corrected chi connectivity index (χ0v) is 17.6. The molecule has 0 heterocycles. The molecular formula is C21H17Cl3O2S. The molecule has 0 unspecified atom stereocenters. The molecule has 3 rings (SSSR count). The first-order valence-corrected chi connectivity index (χ1v) is 11.0. The minimum Gasteiger partial charge on any atom is -0.402 e. The highest BCUT2D eigenvalue weighted by Crippen LogP contribution is 2.72. The summed E-state index contributed by atoms with van der Waals surface area (Å²) in [5.41, 5.74) is 0. The summed E-state index contributed by atoms with van der Waals surface area (Å²) in [5.74, 6) is -0.334. The van der Waals surface area contributed by atoms with E-state index in [4.69, 9.17) is 39.0 Å². The molecular weight excluding hydrogens is 423 g/mol. The van der Waals surface area contributed by atoms with Gasteiger partial charge in [-0.3, -0.25) is 4.79 Å². The fraction of sp³-hybridized carbons (Fsp3) is 0.0952. The van der Waals surface area contributed by atoms with E-state index in [1.807, 2.05) is 60.7 Å². The summed E-state index contributed by atoms with van der Waals surface area (Å²) in [6, 6.07) is 22.4. The average Bonchev–Trinajstić information content (AvgIpc) is 2.67. The van der Waals surface area contributed by atoms with Crippen LogP contribution in [0.3, 0.4) is 0 Å². The SMILES string of the molecule is CCC(=O)OS(c1ccccc1)(c1ccccc1)c1c(Cl)cc(Cl)cc1Cl. The second-order valence-corrected chi connectivity index (χ2v) is 9.57. The Labute approximate surface area is 175 Å². The van der Waals surface area contributed by atoms with E-state index in [1.54, 1.807) is 19.1 Å². The molecule has 0 amide bonds. The molecule has 0 fully saturated rings. The molecule has 3 aromatic carbocycles. The highest BCUT2D eigenvalue weighted by atomic mass is 35.5. The third-order valence-electron chi connectivity index (χ3n) is 3.91. The molecule has 0 bridgehead atoms. The fourth-order valence-electron chi connectivity index (χ4n) is 2.74. The molecule has 0 aliphatic rings. The van der Waals surface area contributed by atoms with Crippen LogP contribution >= 0.6 is 45.1 Å². The van der Waals surface area contributed by atoms with Crippen molar-refractivity contribution in [1.29, 1.82) is 0 Å². The van der Waals surface area contributed by atoms with Crippen molar-refractivity contribution in [1.82, 2.24) is 0 Å². The monoisotopic (exact) mass is 438 g/mol. The van der Waals surface area contributed by atoms with Gasteiger partial charge in [-0.05, 0) is 46.7 Å². The Hall–Kier alpha value is -1.65. The smallest absolute Gasteiger partial charge is 0.316 e. The molecule has 3 aromatic rings. The third kappa shape index (κ3) is 3.97. The maximum atomic E-state index is 12.5. The first-order valence-electron chi connectivity index (χ1n) is 8.29. The van der Waals surface area contributed by atoms with Gasteiger partial charge in [0.2, 0.25) is 0 Å². The number of hydrogen-bond acceptors (Lipinski definition) is 2. The van der Waals surface area contributed by atoms with Crippen LogP contribution in [0.2, 0.25) is 15.1 Å². The summed E-state index contributed by atoms with van der Waals surface area (Å²) in [6.45, 7) is 1.76. The number of benzene rings is 3. The predicted octanol–water partition coefficient (Wildman–Crippen LogP) is 7.80. The molecule has 6 heteroatoms. The van der Waals surface area contributed by atoms with Gasteiger partial charge in [0, 0.05) is 21.2 Å². The number of halogens is 3. The minimum atomic E-state index is -2.49. The minimum absolute atomic E-state index is 0.233. The molecule has 0 saturated heterocycles. The summed E-state index contributed by atoms with van der Waals surface area (Å²) in [6.07, 6.45) is 0.233. The molecule has 0 N–H and O–H groups in total. The summed E-state index contributed by atoms with van der Waals surface area (Å²) in [5, 5.41) is 1.14. The quantitative estimate of drug-likeness (QED) is 0.405. The Morgan fingerprint density at radius 1 is 0.852 bits per heavy atom. The van der Waals surface area contributed by atoms with Gasteiger partial charge in [-0.2, -0.15) is 0 Å². The molecule has 0 atom stereocenters. The molecule has 0 saturated carbocycles. The Bertz CT molecular complexity index is 884. The van der Waals surface area contributed by atoms with E-state index in [9.17, 15) is 4.79 Å². The Kier molecular flexibility index (Phi) is 6.38. The van der Waals surface area contributed by atoms with Crippen molar-refractivity contribution in [2.75, 3.05) is 0 Å². The first-order chi connectivity index (χ1) is 13.0. The van der Waals surface area contributed by atoms with Crippen molar-refractivity contribution in [3.63, 3.8) is 0 Å². The van der Waals surface area contributed by atoms with Crippen molar-refractivity contribution >= 4 is 51.1 Å². The average molecular weight is 440 g/mol. The van der Waals surface area contributed by atoms with Crippen molar-refractivity contribution in [2.24, 2.45) is 0 Å². The fourth-order valence-corrected chi connectivity index (χ4v) is 7.37. The van der Waals surface area contributed by atoms with Gasteiger partial charge in [-0.25, -0.2) is 0 Å². The van der Waals surface area contributed by atoms with Gasteiger partial charge in [0.25, 0.3) is 0 Å². The topological polar surface area (TPSA) is 26.3 Å². The summed E-state index contributed by atoms with van der Waals surface area (Å²) < 4.78 is 6.18. The molecule has 0 aromatic heterocycles. The van der Waals surface area contributed by atoms with E-state index >= 15 is 0 Å². The van der Waals surface area contributed by atoms with Crippen molar-refractivity contribution in [3.8, 4) is 0 Å². The standard InChI is InChI=1S/C21H17Cl3O2S/c1-2-20(25)26-27(16-9-5-3-6-10-16,17-11-7-4-8-12-17)21-18(23)13-15(22)14-19(21)24/h3-14H,2H2,1H3. The van der Waals surface area contributed by atoms with Crippen LogP contribution in [-0.2, 0) is 8.98 Å². The lowest BCUT2D eigenvalue weighted by molar-refractivity contribution is -0.133. The Balaban J connectivity index is 2.43. The highest BCUT2D eigenvalue weighted by molar-refractivity contribution is 8.30. The normalized spacial score (nSPS) is 11.9. The number of carbonyl (C=O) groups is 1. The lowest BCUT2D eigenvalue weighted by Gasteiger charge is -2.40. The van der Waals surface area contributed by atoms with Crippen LogP contribution in [0.5, 0.6) is 0 Å². The zero-order valence-electron chi connectivity index (χ0n) is 14.5.